The number of nitrogens with zero attached hydrogens (tertiary/aromatic N) is 3. The standard InChI is InChI=1S/C27H30FN3O2S/c28-24-14-19(16-29)4-5-22(24)18-33-27-3-1-2-25(30-27)20-6-10-31(11-7-20)17-26-21(9-13-34-26)15-23-8-12-32-23/h1-5,9,13-14,20-21,23,26H,6-8,10-12,15,17-18H2/t21-,23?,26?/m1/s1. The van der Waals surface area contributed by atoms with Gasteiger partial charge in [0, 0.05) is 41.6 Å². The van der Waals surface area contributed by atoms with E-state index in [1.807, 2.05) is 30.0 Å². The predicted molar refractivity (Wildman–Crippen MR) is 131 cm³/mol. The van der Waals surface area contributed by atoms with E-state index in [-0.39, 0.29) is 6.61 Å². The van der Waals surface area contributed by atoms with Gasteiger partial charge in [-0.1, -0.05) is 18.2 Å². The van der Waals surface area contributed by atoms with Crippen molar-refractivity contribution in [3.8, 4) is 11.9 Å². The Bertz CT molecular complexity index is 1060. The fourth-order valence-corrected chi connectivity index (χ4v) is 6.14. The number of hydrogen-bond donors (Lipinski definition) is 0. The second-order valence-corrected chi connectivity index (χ2v) is 10.5. The molecule has 0 N–H and O–H groups in total. The van der Waals surface area contributed by atoms with Gasteiger partial charge in [0.05, 0.1) is 17.7 Å². The average Bonchev–Trinajstić information content (AvgIpc) is 3.28. The maximum absolute atomic E-state index is 14.1. The summed E-state index contributed by atoms with van der Waals surface area (Å²) in [6.07, 6.45) is 7.39. The fraction of sp³-hybridized carbons (Fsp3) is 0.481. The van der Waals surface area contributed by atoms with Crippen molar-refractivity contribution in [2.45, 2.75) is 49.6 Å². The summed E-state index contributed by atoms with van der Waals surface area (Å²) in [7, 11) is 0. The lowest BCUT2D eigenvalue weighted by molar-refractivity contribution is -0.0602. The highest BCUT2D eigenvalue weighted by atomic mass is 32.2. The molecule has 7 heteroatoms. The Labute approximate surface area is 205 Å². The Hall–Kier alpha value is -2.40. The summed E-state index contributed by atoms with van der Waals surface area (Å²) < 4.78 is 25.6. The van der Waals surface area contributed by atoms with E-state index in [1.54, 1.807) is 12.1 Å². The number of nitriles is 1. The summed E-state index contributed by atoms with van der Waals surface area (Å²) in [4.78, 5) is 7.32. The molecule has 2 unspecified atom stereocenters. The quantitative estimate of drug-likeness (QED) is 0.514. The Kier molecular flexibility index (Phi) is 7.48. The molecule has 5 nitrogen and oxygen atoms in total. The van der Waals surface area contributed by atoms with Crippen LogP contribution in [0.3, 0.4) is 0 Å². The maximum atomic E-state index is 14.1. The molecule has 1 aromatic heterocycles. The van der Waals surface area contributed by atoms with E-state index in [0.717, 1.165) is 51.2 Å². The van der Waals surface area contributed by atoms with Gasteiger partial charge in [0.1, 0.15) is 12.4 Å². The van der Waals surface area contributed by atoms with Crippen molar-refractivity contribution in [2.75, 3.05) is 26.2 Å². The monoisotopic (exact) mass is 479 g/mol. The third-order valence-corrected chi connectivity index (χ3v) is 8.29. The van der Waals surface area contributed by atoms with Crippen LogP contribution in [-0.4, -0.2) is 47.5 Å². The van der Waals surface area contributed by atoms with Crippen LogP contribution in [0.1, 0.15) is 48.4 Å². The summed E-state index contributed by atoms with van der Waals surface area (Å²) in [6, 6.07) is 12.2. The van der Waals surface area contributed by atoms with Crippen LogP contribution in [0.2, 0.25) is 0 Å². The average molecular weight is 480 g/mol. The second kappa shape index (κ2) is 10.9. The Morgan fingerprint density at radius 3 is 2.79 bits per heavy atom. The van der Waals surface area contributed by atoms with Gasteiger partial charge in [0.25, 0.3) is 0 Å². The molecule has 2 saturated heterocycles. The Morgan fingerprint density at radius 2 is 2.06 bits per heavy atom. The van der Waals surface area contributed by atoms with Crippen LogP contribution < -0.4 is 4.74 Å². The molecule has 3 aliphatic rings. The number of ether oxygens (including phenoxy) is 2. The molecule has 34 heavy (non-hydrogen) atoms. The highest BCUT2D eigenvalue weighted by molar-refractivity contribution is 8.03. The van der Waals surface area contributed by atoms with E-state index in [2.05, 4.69) is 22.5 Å². The van der Waals surface area contributed by atoms with Crippen molar-refractivity contribution >= 4 is 11.8 Å². The van der Waals surface area contributed by atoms with Gasteiger partial charge in [-0.15, -0.1) is 11.8 Å². The minimum atomic E-state index is -0.430. The first kappa shape index (κ1) is 23.3. The van der Waals surface area contributed by atoms with E-state index >= 15 is 0 Å². The number of rotatable bonds is 8. The van der Waals surface area contributed by atoms with E-state index < -0.39 is 5.82 Å². The molecule has 0 bridgehead atoms. The van der Waals surface area contributed by atoms with Crippen LogP contribution in [0.4, 0.5) is 4.39 Å². The molecular formula is C27H30FN3O2S. The molecule has 0 radical (unpaired) electrons. The molecular weight excluding hydrogens is 449 g/mol. The highest BCUT2D eigenvalue weighted by Gasteiger charge is 2.32. The molecule has 0 amide bonds. The number of benzene rings is 1. The lowest BCUT2D eigenvalue weighted by Gasteiger charge is -2.35. The molecule has 4 heterocycles. The number of piperidine rings is 1. The lowest BCUT2D eigenvalue weighted by Crippen LogP contribution is -2.40. The largest absolute Gasteiger partial charge is 0.473 e. The number of thioether (sulfide) groups is 1. The van der Waals surface area contributed by atoms with Gasteiger partial charge in [-0.2, -0.15) is 5.26 Å². The van der Waals surface area contributed by atoms with Crippen molar-refractivity contribution in [1.82, 2.24) is 9.88 Å². The van der Waals surface area contributed by atoms with Crippen LogP contribution in [-0.2, 0) is 11.3 Å². The van der Waals surface area contributed by atoms with Gasteiger partial charge in [0.2, 0.25) is 5.88 Å². The minimum Gasteiger partial charge on any atom is -0.473 e. The SMILES string of the molecule is N#Cc1ccc(COc2cccc(C3CCN(CC4SC=C[C@@H]4CC4CCO4)CC3)n2)c(F)c1. The van der Waals surface area contributed by atoms with Crippen LogP contribution in [0.25, 0.3) is 0 Å². The zero-order chi connectivity index (χ0) is 23.3. The first-order valence-electron chi connectivity index (χ1n) is 12.1. The number of likely N-dealkylation sites (tertiary alicyclic amines) is 1. The number of halogens is 1. The first-order valence-corrected chi connectivity index (χ1v) is 13.1. The number of hydrogen-bond acceptors (Lipinski definition) is 6. The summed E-state index contributed by atoms with van der Waals surface area (Å²) in [5, 5.41) is 11.8. The van der Waals surface area contributed by atoms with E-state index in [1.165, 1.54) is 12.5 Å². The molecule has 0 spiro atoms. The molecule has 3 atom stereocenters. The van der Waals surface area contributed by atoms with Crippen LogP contribution in [0.15, 0.2) is 47.9 Å². The first-order chi connectivity index (χ1) is 16.7. The van der Waals surface area contributed by atoms with Crippen LogP contribution in [0, 0.1) is 23.1 Å². The lowest BCUT2D eigenvalue weighted by atomic mass is 9.91. The summed E-state index contributed by atoms with van der Waals surface area (Å²) in [6.45, 7) is 4.31. The van der Waals surface area contributed by atoms with Crippen molar-refractivity contribution < 1.29 is 13.9 Å². The zero-order valence-electron chi connectivity index (χ0n) is 19.2. The molecule has 178 valence electrons. The molecule has 1 aromatic carbocycles. The maximum Gasteiger partial charge on any atom is 0.213 e. The van der Waals surface area contributed by atoms with E-state index in [0.29, 0.717) is 40.2 Å². The summed E-state index contributed by atoms with van der Waals surface area (Å²) >= 11 is 1.98. The molecule has 3 aliphatic heterocycles. The highest BCUT2D eigenvalue weighted by Crippen LogP contribution is 2.37. The molecule has 0 aliphatic carbocycles. The Balaban J connectivity index is 1.11. The van der Waals surface area contributed by atoms with Gasteiger partial charge >= 0.3 is 0 Å². The smallest absolute Gasteiger partial charge is 0.213 e. The fourth-order valence-electron chi connectivity index (χ4n) is 4.94. The van der Waals surface area contributed by atoms with E-state index in [9.17, 15) is 4.39 Å². The minimum absolute atomic E-state index is 0.0899. The summed E-state index contributed by atoms with van der Waals surface area (Å²) in [5.74, 6) is 1.13. The van der Waals surface area contributed by atoms with Crippen molar-refractivity contribution in [1.29, 1.82) is 5.26 Å². The van der Waals surface area contributed by atoms with Gasteiger partial charge < -0.3 is 14.4 Å². The van der Waals surface area contributed by atoms with Crippen molar-refractivity contribution in [3.63, 3.8) is 0 Å². The normalized spacial score (nSPS) is 25.1. The van der Waals surface area contributed by atoms with Crippen LogP contribution >= 0.6 is 11.8 Å². The predicted octanol–water partition coefficient (Wildman–Crippen LogP) is 5.28. The van der Waals surface area contributed by atoms with Crippen molar-refractivity contribution in [3.05, 3.63) is 70.5 Å². The van der Waals surface area contributed by atoms with Gasteiger partial charge in [-0.25, -0.2) is 9.37 Å². The molecule has 5 rings (SSSR count). The number of allylic oxidation sites excluding steroid dienone is 1. The molecule has 0 saturated carbocycles. The number of pyridine rings is 1. The summed E-state index contributed by atoms with van der Waals surface area (Å²) in [5.41, 5.74) is 1.77. The van der Waals surface area contributed by atoms with Crippen molar-refractivity contribution in [2.24, 2.45) is 5.92 Å². The van der Waals surface area contributed by atoms with Crippen LogP contribution in [0.5, 0.6) is 5.88 Å². The Morgan fingerprint density at radius 1 is 1.21 bits per heavy atom. The number of aromatic nitrogens is 1. The topological polar surface area (TPSA) is 58.4 Å². The molecule has 2 aromatic rings. The van der Waals surface area contributed by atoms with Gasteiger partial charge in [-0.05, 0) is 68.3 Å². The third-order valence-electron chi connectivity index (χ3n) is 7.13. The van der Waals surface area contributed by atoms with Gasteiger partial charge in [-0.3, -0.25) is 0 Å². The molecule has 2 fully saturated rings. The zero-order valence-corrected chi connectivity index (χ0v) is 20.1. The van der Waals surface area contributed by atoms with Gasteiger partial charge in [0.15, 0.2) is 0 Å². The second-order valence-electron chi connectivity index (χ2n) is 9.37. The van der Waals surface area contributed by atoms with E-state index in [4.69, 9.17) is 19.7 Å². The third kappa shape index (κ3) is 5.63.